The lowest BCUT2D eigenvalue weighted by Crippen LogP contribution is -1.99. The molecule has 0 atom stereocenters. The number of hydrogen-bond acceptors (Lipinski definition) is 7. The summed E-state index contributed by atoms with van der Waals surface area (Å²) >= 11 is 1.47. The summed E-state index contributed by atoms with van der Waals surface area (Å²) in [5.41, 5.74) is 2.58. The van der Waals surface area contributed by atoms with Gasteiger partial charge >= 0.3 is 0 Å². The van der Waals surface area contributed by atoms with Gasteiger partial charge in [-0.25, -0.2) is 4.98 Å². The fourth-order valence-electron chi connectivity index (χ4n) is 2.42. The second-order valence-electron chi connectivity index (χ2n) is 5.57. The molecule has 1 N–H and O–H groups in total. The van der Waals surface area contributed by atoms with Gasteiger partial charge in [0.1, 0.15) is 11.5 Å². The van der Waals surface area contributed by atoms with Crippen LogP contribution in [-0.4, -0.2) is 30.3 Å². The van der Waals surface area contributed by atoms with Gasteiger partial charge in [0, 0.05) is 11.3 Å². The Morgan fingerprint density at radius 2 is 1.85 bits per heavy atom. The summed E-state index contributed by atoms with van der Waals surface area (Å²) < 4.78 is 7.41. The largest absolute Gasteiger partial charge is 0.508 e. The molecular weight excluding hydrogens is 350 g/mol. The molecule has 7 nitrogen and oxygen atoms in total. The van der Waals surface area contributed by atoms with E-state index < -0.39 is 0 Å². The number of phenolic OH excluding ortho intramolecular Hbond substituents is 1. The Bertz CT molecular complexity index is 1010. The van der Waals surface area contributed by atoms with E-state index in [1.165, 1.54) is 11.8 Å². The van der Waals surface area contributed by atoms with E-state index in [4.69, 9.17) is 4.42 Å². The molecule has 4 rings (SSSR count). The van der Waals surface area contributed by atoms with Crippen LogP contribution in [0, 0.1) is 6.92 Å². The molecule has 0 radical (unpaired) electrons. The average Bonchev–Trinajstić information content (AvgIpc) is 3.28. The van der Waals surface area contributed by atoms with Crippen molar-refractivity contribution in [1.82, 2.24) is 25.2 Å². The second kappa shape index (κ2) is 7.01. The standard InChI is InChI=1S/C18H15N5O2S/c1-12-16(19-17(25-12)13-5-3-2-4-6-13)11-26-18-20-21-22-23(18)14-7-9-15(24)10-8-14/h2-10,24H,11H2,1H3. The Morgan fingerprint density at radius 1 is 1.08 bits per heavy atom. The highest BCUT2D eigenvalue weighted by Gasteiger charge is 2.14. The number of tetrazole rings is 1. The van der Waals surface area contributed by atoms with Gasteiger partial charge in [-0.3, -0.25) is 0 Å². The summed E-state index contributed by atoms with van der Waals surface area (Å²) in [5, 5.41) is 21.9. The first kappa shape index (κ1) is 16.3. The summed E-state index contributed by atoms with van der Waals surface area (Å²) in [6.07, 6.45) is 0. The number of rotatable bonds is 5. The molecule has 0 amide bonds. The van der Waals surface area contributed by atoms with Gasteiger partial charge in [-0.05, 0) is 53.7 Å². The number of nitrogens with zero attached hydrogens (tertiary/aromatic N) is 5. The molecule has 0 saturated heterocycles. The molecule has 0 fully saturated rings. The highest BCUT2D eigenvalue weighted by atomic mass is 32.2. The van der Waals surface area contributed by atoms with Crippen molar-refractivity contribution >= 4 is 11.8 Å². The molecule has 4 aromatic rings. The molecule has 0 spiro atoms. The summed E-state index contributed by atoms with van der Waals surface area (Å²) in [5.74, 6) is 2.17. The van der Waals surface area contributed by atoms with E-state index in [9.17, 15) is 5.11 Å². The first-order valence-corrected chi connectivity index (χ1v) is 8.91. The number of aromatic hydroxyl groups is 1. The average molecular weight is 365 g/mol. The van der Waals surface area contributed by atoms with Crippen LogP contribution in [0.5, 0.6) is 5.75 Å². The Morgan fingerprint density at radius 3 is 2.62 bits per heavy atom. The molecule has 0 aliphatic carbocycles. The zero-order chi connectivity index (χ0) is 17.9. The third-order valence-electron chi connectivity index (χ3n) is 3.79. The molecule has 2 aromatic carbocycles. The van der Waals surface area contributed by atoms with E-state index >= 15 is 0 Å². The molecule has 26 heavy (non-hydrogen) atoms. The van der Waals surface area contributed by atoms with Crippen molar-refractivity contribution < 1.29 is 9.52 Å². The van der Waals surface area contributed by atoms with Crippen LogP contribution >= 0.6 is 11.8 Å². The van der Waals surface area contributed by atoms with Gasteiger partial charge < -0.3 is 9.52 Å². The Labute approximate surface area is 153 Å². The van der Waals surface area contributed by atoms with E-state index in [0.717, 1.165) is 22.7 Å². The first-order valence-electron chi connectivity index (χ1n) is 7.93. The van der Waals surface area contributed by atoms with Crippen molar-refractivity contribution in [2.75, 3.05) is 0 Å². The van der Waals surface area contributed by atoms with Crippen LogP contribution in [0.25, 0.3) is 17.1 Å². The molecular formula is C18H15N5O2S. The Kier molecular flexibility index (Phi) is 4.40. The van der Waals surface area contributed by atoms with Crippen molar-refractivity contribution in [1.29, 1.82) is 0 Å². The van der Waals surface area contributed by atoms with Crippen molar-refractivity contribution in [2.45, 2.75) is 17.8 Å². The number of thioether (sulfide) groups is 1. The maximum atomic E-state index is 9.42. The van der Waals surface area contributed by atoms with Crippen LogP contribution in [0.3, 0.4) is 0 Å². The van der Waals surface area contributed by atoms with Gasteiger partial charge in [0.05, 0.1) is 11.4 Å². The fourth-order valence-corrected chi connectivity index (χ4v) is 3.32. The lowest BCUT2D eigenvalue weighted by molar-refractivity contribution is 0.475. The lowest BCUT2D eigenvalue weighted by Gasteiger charge is -2.03. The maximum Gasteiger partial charge on any atom is 0.226 e. The Hall–Kier alpha value is -3.13. The van der Waals surface area contributed by atoms with Crippen LogP contribution in [-0.2, 0) is 5.75 Å². The molecule has 0 aliphatic heterocycles. The van der Waals surface area contributed by atoms with Crippen LogP contribution in [0.2, 0.25) is 0 Å². The highest BCUT2D eigenvalue weighted by molar-refractivity contribution is 7.98. The predicted molar refractivity (Wildman–Crippen MR) is 97.1 cm³/mol. The molecule has 0 bridgehead atoms. The topological polar surface area (TPSA) is 89.9 Å². The van der Waals surface area contributed by atoms with Gasteiger partial charge in [-0.15, -0.1) is 5.10 Å². The number of phenols is 1. The SMILES string of the molecule is Cc1oc(-c2ccccc2)nc1CSc1nnnn1-c1ccc(O)cc1. The molecule has 130 valence electrons. The van der Waals surface area contributed by atoms with E-state index in [-0.39, 0.29) is 5.75 Å². The van der Waals surface area contributed by atoms with Crippen LogP contribution in [0.4, 0.5) is 0 Å². The molecule has 8 heteroatoms. The summed E-state index contributed by atoms with van der Waals surface area (Å²) in [6, 6.07) is 16.5. The normalized spacial score (nSPS) is 11.0. The van der Waals surface area contributed by atoms with E-state index in [2.05, 4.69) is 20.5 Å². The van der Waals surface area contributed by atoms with Crippen LogP contribution in [0.1, 0.15) is 11.5 Å². The van der Waals surface area contributed by atoms with Crippen molar-refractivity contribution in [3.05, 3.63) is 66.1 Å². The first-order chi connectivity index (χ1) is 12.7. The molecule has 0 unspecified atom stereocenters. The number of oxazole rings is 1. The van der Waals surface area contributed by atoms with Gasteiger partial charge in [-0.1, -0.05) is 30.0 Å². The lowest BCUT2D eigenvalue weighted by atomic mass is 10.2. The smallest absolute Gasteiger partial charge is 0.226 e. The zero-order valence-corrected chi connectivity index (χ0v) is 14.7. The van der Waals surface area contributed by atoms with E-state index in [1.807, 2.05) is 37.3 Å². The zero-order valence-electron chi connectivity index (χ0n) is 13.9. The second-order valence-corrected chi connectivity index (χ2v) is 6.51. The van der Waals surface area contributed by atoms with E-state index in [0.29, 0.717) is 16.8 Å². The van der Waals surface area contributed by atoms with Crippen LogP contribution in [0.15, 0.2) is 64.2 Å². The highest BCUT2D eigenvalue weighted by Crippen LogP contribution is 2.27. The maximum absolute atomic E-state index is 9.42. The van der Waals surface area contributed by atoms with Gasteiger partial charge in [0.15, 0.2) is 0 Å². The predicted octanol–water partition coefficient (Wildman–Crippen LogP) is 3.62. The van der Waals surface area contributed by atoms with Crippen molar-refractivity contribution in [3.8, 4) is 22.9 Å². The Balaban J connectivity index is 1.53. The minimum Gasteiger partial charge on any atom is -0.508 e. The number of hydrogen-bond donors (Lipinski definition) is 1. The molecule has 0 aliphatic rings. The quantitative estimate of drug-likeness (QED) is 0.540. The third-order valence-corrected chi connectivity index (χ3v) is 4.72. The monoisotopic (exact) mass is 365 g/mol. The molecule has 0 saturated carbocycles. The van der Waals surface area contributed by atoms with Crippen LogP contribution < -0.4 is 0 Å². The van der Waals surface area contributed by atoms with Gasteiger partial charge in [-0.2, -0.15) is 4.68 Å². The minimum absolute atomic E-state index is 0.197. The number of aryl methyl sites for hydroxylation is 1. The minimum atomic E-state index is 0.197. The van der Waals surface area contributed by atoms with E-state index in [1.54, 1.807) is 28.9 Å². The fraction of sp³-hybridized carbons (Fsp3) is 0.111. The molecule has 2 aromatic heterocycles. The number of aromatic nitrogens is 5. The summed E-state index contributed by atoms with van der Waals surface area (Å²) in [4.78, 5) is 4.60. The van der Waals surface area contributed by atoms with Crippen molar-refractivity contribution in [3.63, 3.8) is 0 Å². The summed E-state index contributed by atoms with van der Waals surface area (Å²) in [7, 11) is 0. The number of benzene rings is 2. The molecule has 2 heterocycles. The summed E-state index contributed by atoms with van der Waals surface area (Å²) in [6.45, 7) is 1.90. The van der Waals surface area contributed by atoms with Gasteiger partial charge in [0.25, 0.3) is 0 Å². The van der Waals surface area contributed by atoms with Gasteiger partial charge in [0.2, 0.25) is 11.0 Å². The van der Waals surface area contributed by atoms with Crippen molar-refractivity contribution in [2.24, 2.45) is 0 Å². The third kappa shape index (κ3) is 3.31.